The number of piperidine rings is 3. The van der Waals surface area contributed by atoms with E-state index in [0.29, 0.717) is 12.3 Å². The van der Waals surface area contributed by atoms with Crippen molar-refractivity contribution in [2.24, 2.45) is 11.8 Å². The maximum Gasteiger partial charge on any atom is 0.330 e. The highest BCUT2D eigenvalue weighted by atomic mass is 16.4. The Balaban J connectivity index is 1.74. The molecule has 136 valence electrons. The van der Waals surface area contributed by atoms with Crippen LogP contribution >= 0.6 is 0 Å². The summed E-state index contributed by atoms with van der Waals surface area (Å²) in [6.07, 6.45) is 2.70. The van der Waals surface area contributed by atoms with Crippen molar-refractivity contribution >= 4 is 11.7 Å². The van der Waals surface area contributed by atoms with Gasteiger partial charge in [-0.3, -0.25) is 0 Å². The molecule has 0 amide bonds. The van der Waals surface area contributed by atoms with Crippen LogP contribution in [0.1, 0.15) is 18.4 Å². The highest BCUT2D eigenvalue weighted by molar-refractivity contribution is 5.84. The number of nitrogens with zero attached hydrogens (tertiary/aromatic N) is 1. The monoisotopic (exact) mass is 350 g/mol. The third-order valence-electron chi connectivity index (χ3n) is 6.14. The van der Waals surface area contributed by atoms with Gasteiger partial charge in [-0.2, -0.15) is 0 Å². The van der Waals surface area contributed by atoms with Crippen molar-refractivity contribution in [3.8, 4) is 0 Å². The standard InChI is InChI=1S/C22H26N2O2/c25-21(26)22(15-17-7-3-1-4-8-17,23-19-9-5-2-6-10-19)20-16-24-13-11-18(20)12-14-24/h1-10,18,20,23H,11-16H2,(H,25,26)/t20-,22+/m0/s1. The summed E-state index contributed by atoms with van der Waals surface area (Å²) in [5.41, 5.74) is 0.948. The minimum Gasteiger partial charge on any atom is -0.479 e. The number of rotatable bonds is 6. The molecule has 0 radical (unpaired) electrons. The maximum absolute atomic E-state index is 12.7. The molecule has 4 nitrogen and oxygen atoms in total. The Morgan fingerprint density at radius 1 is 1.04 bits per heavy atom. The zero-order valence-electron chi connectivity index (χ0n) is 15.0. The summed E-state index contributed by atoms with van der Waals surface area (Å²) in [7, 11) is 0. The number of aliphatic carboxylic acids is 1. The average molecular weight is 350 g/mol. The Labute approximate surface area is 154 Å². The van der Waals surface area contributed by atoms with Crippen molar-refractivity contribution in [2.75, 3.05) is 25.0 Å². The molecule has 2 N–H and O–H groups in total. The summed E-state index contributed by atoms with van der Waals surface area (Å²) in [6.45, 7) is 3.07. The van der Waals surface area contributed by atoms with Gasteiger partial charge in [0, 0.05) is 24.6 Å². The normalized spacial score (nSPS) is 26.8. The zero-order valence-corrected chi connectivity index (χ0v) is 15.0. The van der Waals surface area contributed by atoms with Crippen LogP contribution in [0.5, 0.6) is 0 Å². The van der Waals surface area contributed by atoms with Gasteiger partial charge in [-0.1, -0.05) is 48.5 Å². The Hall–Kier alpha value is -2.33. The number of fused-ring (bicyclic) bond motifs is 3. The van der Waals surface area contributed by atoms with Gasteiger partial charge in [0.25, 0.3) is 0 Å². The number of hydrogen-bond donors (Lipinski definition) is 2. The maximum atomic E-state index is 12.7. The van der Waals surface area contributed by atoms with Gasteiger partial charge in [0.1, 0.15) is 5.54 Å². The van der Waals surface area contributed by atoms with Crippen LogP contribution in [0.15, 0.2) is 60.7 Å². The molecule has 0 saturated carbocycles. The third kappa shape index (κ3) is 3.21. The molecule has 4 heteroatoms. The minimum absolute atomic E-state index is 0.0999. The van der Waals surface area contributed by atoms with Crippen LogP contribution < -0.4 is 5.32 Å². The van der Waals surface area contributed by atoms with Gasteiger partial charge in [-0.05, 0) is 49.5 Å². The fraction of sp³-hybridized carbons (Fsp3) is 0.409. The van der Waals surface area contributed by atoms with Crippen molar-refractivity contribution in [2.45, 2.75) is 24.8 Å². The molecule has 3 aliphatic heterocycles. The lowest BCUT2D eigenvalue weighted by molar-refractivity contribution is -0.147. The fourth-order valence-corrected chi connectivity index (χ4v) is 4.78. The minimum atomic E-state index is -0.994. The van der Waals surface area contributed by atoms with E-state index in [0.717, 1.165) is 43.7 Å². The van der Waals surface area contributed by atoms with E-state index < -0.39 is 11.5 Å². The van der Waals surface area contributed by atoms with Gasteiger partial charge < -0.3 is 15.3 Å². The molecule has 2 aromatic carbocycles. The zero-order chi connectivity index (χ0) is 18.0. The summed E-state index contributed by atoms with van der Waals surface area (Å²) in [4.78, 5) is 15.2. The number of benzene rings is 2. The fourth-order valence-electron chi connectivity index (χ4n) is 4.78. The Kier molecular flexibility index (Phi) is 4.68. The lowest BCUT2D eigenvalue weighted by Crippen LogP contribution is -2.63. The smallest absolute Gasteiger partial charge is 0.330 e. The van der Waals surface area contributed by atoms with Crippen LogP contribution in [0.2, 0.25) is 0 Å². The third-order valence-corrected chi connectivity index (χ3v) is 6.14. The van der Waals surface area contributed by atoms with Gasteiger partial charge in [-0.25, -0.2) is 4.79 Å². The van der Waals surface area contributed by atoms with Gasteiger partial charge in [-0.15, -0.1) is 0 Å². The molecule has 3 heterocycles. The number of anilines is 1. The lowest BCUT2D eigenvalue weighted by Gasteiger charge is -2.52. The van der Waals surface area contributed by atoms with Crippen LogP contribution in [0.4, 0.5) is 5.69 Å². The number of hydrogen-bond acceptors (Lipinski definition) is 3. The van der Waals surface area contributed by atoms with E-state index in [1.807, 2.05) is 60.7 Å². The molecule has 0 aliphatic carbocycles. The van der Waals surface area contributed by atoms with E-state index in [9.17, 15) is 9.90 Å². The van der Waals surface area contributed by atoms with E-state index in [1.165, 1.54) is 0 Å². The van der Waals surface area contributed by atoms with Crippen molar-refractivity contribution in [3.05, 3.63) is 66.2 Å². The number of carbonyl (C=O) groups is 1. The molecular weight excluding hydrogens is 324 g/mol. The number of nitrogens with one attached hydrogen (secondary N) is 1. The second kappa shape index (κ2) is 7.12. The molecule has 5 rings (SSSR count). The Bertz CT molecular complexity index is 698. The van der Waals surface area contributed by atoms with Crippen molar-refractivity contribution in [1.29, 1.82) is 0 Å². The molecule has 3 fully saturated rings. The first kappa shape index (κ1) is 17.1. The summed E-state index contributed by atoms with van der Waals surface area (Å²) < 4.78 is 0. The van der Waals surface area contributed by atoms with E-state index in [4.69, 9.17) is 0 Å². The molecule has 2 atom stereocenters. The first-order valence-corrected chi connectivity index (χ1v) is 9.50. The second-order valence-corrected chi connectivity index (χ2v) is 7.67. The van der Waals surface area contributed by atoms with E-state index >= 15 is 0 Å². The quantitative estimate of drug-likeness (QED) is 0.837. The van der Waals surface area contributed by atoms with Gasteiger partial charge in [0.15, 0.2) is 0 Å². The predicted molar refractivity (Wildman–Crippen MR) is 103 cm³/mol. The second-order valence-electron chi connectivity index (χ2n) is 7.67. The molecular formula is C22H26N2O2. The van der Waals surface area contributed by atoms with Gasteiger partial charge in [0.05, 0.1) is 0 Å². The largest absolute Gasteiger partial charge is 0.479 e. The van der Waals surface area contributed by atoms with Crippen LogP contribution in [0, 0.1) is 11.8 Å². The highest BCUT2D eigenvalue weighted by Gasteiger charge is 2.52. The molecule has 0 unspecified atom stereocenters. The first-order valence-electron chi connectivity index (χ1n) is 9.50. The SMILES string of the molecule is O=C(O)[C@](Cc1ccccc1)(Nc1ccccc1)[C@H]1CN2CCC1CC2. The van der Waals surface area contributed by atoms with E-state index in [-0.39, 0.29) is 5.92 Å². The number of para-hydroxylation sites is 1. The van der Waals surface area contributed by atoms with Crippen molar-refractivity contribution in [3.63, 3.8) is 0 Å². The molecule has 26 heavy (non-hydrogen) atoms. The lowest BCUT2D eigenvalue weighted by atomic mass is 9.66. The van der Waals surface area contributed by atoms with Crippen LogP contribution in [-0.4, -0.2) is 41.1 Å². The van der Waals surface area contributed by atoms with Crippen molar-refractivity contribution < 1.29 is 9.90 Å². The molecule has 0 aromatic heterocycles. The Morgan fingerprint density at radius 3 is 2.19 bits per heavy atom. The predicted octanol–water partition coefficient (Wildman–Crippen LogP) is 3.51. The summed E-state index contributed by atoms with van der Waals surface area (Å²) in [5.74, 6) is -0.178. The summed E-state index contributed by atoms with van der Waals surface area (Å²) in [5, 5.41) is 13.9. The van der Waals surface area contributed by atoms with Gasteiger partial charge >= 0.3 is 5.97 Å². The molecule has 2 bridgehead atoms. The van der Waals surface area contributed by atoms with E-state index in [2.05, 4.69) is 10.2 Å². The topological polar surface area (TPSA) is 52.6 Å². The number of carboxylic acid groups (broad SMARTS) is 1. The summed E-state index contributed by atoms with van der Waals surface area (Å²) in [6, 6.07) is 19.8. The first-order chi connectivity index (χ1) is 12.7. The molecule has 3 saturated heterocycles. The van der Waals surface area contributed by atoms with Gasteiger partial charge in [0.2, 0.25) is 0 Å². The molecule has 2 aromatic rings. The van der Waals surface area contributed by atoms with Crippen LogP contribution in [-0.2, 0) is 11.2 Å². The average Bonchev–Trinajstić information content (AvgIpc) is 2.70. The molecule has 3 aliphatic rings. The summed E-state index contributed by atoms with van der Waals surface area (Å²) >= 11 is 0. The van der Waals surface area contributed by atoms with Crippen molar-refractivity contribution in [1.82, 2.24) is 4.90 Å². The Morgan fingerprint density at radius 2 is 1.65 bits per heavy atom. The molecule has 0 spiro atoms. The highest BCUT2D eigenvalue weighted by Crippen LogP contribution is 2.42. The van der Waals surface area contributed by atoms with E-state index in [1.54, 1.807) is 0 Å². The van der Waals surface area contributed by atoms with Crippen LogP contribution in [0.3, 0.4) is 0 Å². The number of carboxylic acids is 1. The van der Waals surface area contributed by atoms with Crippen LogP contribution in [0.25, 0.3) is 0 Å².